The molecular formula is C7H13N3O2. The van der Waals surface area contributed by atoms with Crippen LogP contribution in [0.3, 0.4) is 0 Å². The first-order valence-electron chi connectivity index (χ1n) is 4.03. The zero-order valence-electron chi connectivity index (χ0n) is 6.85. The average molecular weight is 171 g/mol. The zero-order valence-corrected chi connectivity index (χ0v) is 6.85. The molecular weight excluding hydrogens is 158 g/mol. The van der Waals surface area contributed by atoms with Gasteiger partial charge in [-0.15, -0.1) is 0 Å². The Hall–Kier alpha value is -1.10. The van der Waals surface area contributed by atoms with Gasteiger partial charge in [0.25, 0.3) is 0 Å². The largest absolute Gasteiger partial charge is 0.354 e. The lowest BCUT2D eigenvalue weighted by Gasteiger charge is -2.10. The van der Waals surface area contributed by atoms with Crippen molar-refractivity contribution in [2.24, 2.45) is 0 Å². The van der Waals surface area contributed by atoms with Gasteiger partial charge < -0.3 is 16.0 Å². The van der Waals surface area contributed by atoms with Gasteiger partial charge in [-0.2, -0.15) is 0 Å². The molecule has 5 nitrogen and oxygen atoms in total. The van der Waals surface area contributed by atoms with Gasteiger partial charge >= 0.3 is 0 Å². The van der Waals surface area contributed by atoms with Gasteiger partial charge in [0, 0.05) is 26.2 Å². The summed E-state index contributed by atoms with van der Waals surface area (Å²) in [5.74, 6) is -0.424. The molecule has 0 atom stereocenters. The molecule has 0 aromatic rings. The van der Waals surface area contributed by atoms with Gasteiger partial charge in [0.2, 0.25) is 11.8 Å². The van der Waals surface area contributed by atoms with Crippen molar-refractivity contribution in [2.45, 2.75) is 6.42 Å². The fraction of sp³-hybridized carbons (Fsp3) is 0.714. The summed E-state index contributed by atoms with van der Waals surface area (Å²) in [5, 5.41) is 8.31. The maximum Gasteiger partial charge on any atom is 0.229 e. The number of hydrogen-bond acceptors (Lipinski definition) is 3. The summed E-state index contributed by atoms with van der Waals surface area (Å²) >= 11 is 0. The van der Waals surface area contributed by atoms with Crippen LogP contribution in [0.1, 0.15) is 6.42 Å². The lowest BCUT2D eigenvalue weighted by atomic mass is 10.3. The second-order valence-corrected chi connectivity index (χ2v) is 2.63. The highest BCUT2D eigenvalue weighted by atomic mass is 16.2. The van der Waals surface area contributed by atoms with E-state index >= 15 is 0 Å². The quantitative estimate of drug-likeness (QED) is 0.377. The summed E-state index contributed by atoms with van der Waals surface area (Å²) in [7, 11) is 0. The van der Waals surface area contributed by atoms with Crippen LogP contribution >= 0.6 is 0 Å². The maximum atomic E-state index is 10.9. The molecule has 68 valence electrons. The molecule has 0 spiro atoms. The van der Waals surface area contributed by atoms with Crippen LogP contribution in [0.15, 0.2) is 0 Å². The first kappa shape index (κ1) is 8.99. The molecule has 1 saturated heterocycles. The Balaban J connectivity index is 2.34. The van der Waals surface area contributed by atoms with Crippen LogP contribution in [0.4, 0.5) is 0 Å². The number of hydrogen-bond donors (Lipinski definition) is 3. The second-order valence-electron chi connectivity index (χ2n) is 2.63. The van der Waals surface area contributed by atoms with Crippen LogP contribution in [0.25, 0.3) is 0 Å². The molecule has 0 aliphatic carbocycles. The third kappa shape index (κ3) is 3.34. The van der Waals surface area contributed by atoms with Crippen LogP contribution < -0.4 is 16.0 Å². The van der Waals surface area contributed by atoms with Gasteiger partial charge in [0.15, 0.2) is 0 Å². The summed E-state index contributed by atoms with van der Waals surface area (Å²) in [6.45, 7) is 2.68. The lowest BCUT2D eigenvalue weighted by molar-refractivity contribution is -0.129. The van der Waals surface area contributed by atoms with E-state index in [2.05, 4.69) is 16.0 Å². The van der Waals surface area contributed by atoms with Gasteiger partial charge in [0.05, 0.1) is 0 Å². The third-order valence-electron chi connectivity index (χ3n) is 1.57. The van der Waals surface area contributed by atoms with E-state index in [0.717, 1.165) is 13.1 Å². The molecule has 1 heterocycles. The Morgan fingerprint density at radius 3 is 1.83 bits per heavy atom. The molecule has 0 radical (unpaired) electrons. The van der Waals surface area contributed by atoms with Gasteiger partial charge in [0.1, 0.15) is 6.42 Å². The van der Waals surface area contributed by atoms with E-state index in [1.165, 1.54) is 0 Å². The van der Waals surface area contributed by atoms with Crippen molar-refractivity contribution in [1.82, 2.24) is 16.0 Å². The monoisotopic (exact) mass is 171 g/mol. The molecule has 1 aliphatic heterocycles. The Morgan fingerprint density at radius 1 is 0.833 bits per heavy atom. The van der Waals surface area contributed by atoms with Crippen molar-refractivity contribution in [1.29, 1.82) is 0 Å². The van der Waals surface area contributed by atoms with Crippen molar-refractivity contribution >= 4 is 11.8 Å². The molecule has 0 saturated carbocycles. The summed E-state index contributed by atoms with van der Waals surface area (Å²) in [5.41, 5.74) is 0. The van der Waals surface area contributed by atoms with Crippen molar-refractivity contribution in [2.75, 3.05) is 26.2 Å². The minimum absolute atomic E-state index is 0.0556. The molecule has 0 bridgehead atoms. The fourth-order valence-corrected chi connectivity index (χ4v) is 0.976. The smallest absolute Gasteiger partial charge is 0.229 e. The minimum Gasteiger partial charge on any atom is -0.354 e. The molecule has 12 heavy (non-hydrogen) atoms. The number of carbonyl (C=O) groups excluding carboxylic acids is 2. The molecule has 1 rings (SSSR count). The zero-order chi connectivity index (χ0) is 8.81. The number of carbonyl (C=O) groups is 2. The summed E-state index contributed by atoms with van der Waals surface area (Å²) in [6, 6.07) is 0. The van der Waals surface area contributed by atoms with Crippen LogP contribution in [0, 0.1) is 0 Å². The Morgan fingerprint density at radius 2 is 1.33 bits per heavy atom. The number of rotatable bonds is 0. The summed E-state index contributed by atoms with van der Waals surface area (Å²) in [6.07, 6.45) is -0.0556. The topological polar surface area (TPSA) is 70.2 Å². The van der Waals surface area contributed by atoms with Crippen LogP contribution in [-0.2, 0) is 9.59 Å². The molecule has 1 fully saturated rings. The highest BCUT2D eigenvalue weighted by Crippen LogP contribution is 1.80. The molecule has 3 N–H and O–H groups in total. The SMILES string of the molecule is O=C1CC(=O)NCCNCCN1. The normalized spacial score (nSPS) is 21.0. The molecule has 2 amide bonds. The van der Waals surface area contributed by atoms with E-state index in [-0.39, 0.29) is 18.2 Å². The Bertz CT molecular complexity index is 163. The number of nitrogens with one attached hydrogen (secondary N) is 3. The average Bonchev–Trinajstić information content (AvgIpc) is 2.02. The van der Waals surface area contributed by atoms with Gasteiger partial charge in [-0.1, -0.05) is 0 Å². The van der Waals surface area contributed by atoms with Crippen LogP contribution in [0.2, 0.25) is 0 Å². The molecule has 5 heteroatoms. The molecule has 0 aromatic heterocycles. The third-order valence-corrected chi connectivity index (χ3v) is 1.57. The predicted octanol–water partition coefficient (Wildman–Crippen LogP) is -1.79. The van der Waals surface area contributed by atoms with Crippen molar-refractivity contribution < 1.29 is 9.59 Å². The maximum absolute atomic E-state index is 10.9. The highest BCUT2D eigenvalue weighted by Gasteiger charge is 2.08. The molecule has 0 aromatic carbocycles. The van der Waals surface area contributed by atoms with Crippen molar-refractivity contribution in [3.05, 3.63) is 0 Å². The summed E-state index contributed by atoms with van der Waals surface area (Å²) in [4.78, 5) is 21.8. The van der Waals surface area contributed by atoms with E-state index in [1.54, 1.807) is 0 Å². The first-order valence-corrected chi connectivity index (χ1v) is 4.03. The molecule has 1 aliphatic rings. The lowest BCUT2D eigenvalue weighted by Crippen LogP contribution is -2.41. The van der Waals surface area contributed by atoms with E-state index in [1.807, 2.05) is 0 Å². The minimum atomic E-state index is -0.212. The van der Waals surface area contributed by atoms with Gasteiger partial charge in [-0.05, 0) is 0 Å². The van der Waals surface area contributed by atoms with Gasteiger partial charge in [-0.3, -0.25) is 9.59 Å². The second kappa shape index (κ2) is 4.71. The fourth-order valence-electron chi connectivity index (χ4n) is 0.976. The van der Waals surface area contributed by atoms with E-state index < -0.39 is 0 Å². The first-order chi connectivity index (χ1) is 5.79. The van der Waals surface area contributed by atoms with E-state index in [9.17, 15) is 9.59 Å². The summed E-state index contributed by atoms with van der Waals surface area (Å²) < 4.78 is 0. The van der Waals surface area contributed by atoms with Crippen molar-refractivity contribution in [3.63, 3.8) is 0 Å². The van der Waals surface area contributed by atoms with E-state index in [4.69, 9.17) is 0 Å². The van der Waals surface area contributed by atoms with E-state index in [0.29, 0.717) is 13.1 Å². The number of amides is 2. The Labute approximate surface area is 70.9 Å². The standard InChI is InChI=1S/C7H13N3O2/c11-6-5-7(12)10-4-2-8-1-3-9-6/h8H,1-5H2,(H,9,11)(H,10,12). The Kier molecular flexibility index (Phi) is 3.53. The van der Waals surface area contributed by atoms with Crippen LogP contribution in [-0.4, -0.2) is 38.0 Å². The van der Waals surface area contributed by atoms with Crippen LogP contribution in [0.5, 0.6) is 0 Å². The molecule has 0 unspecified atom stereocenters. The predicted molar refractivity (Wildman–Crippen MR) is 43.5 cm³/mol. The highest BCUT2D eigenvalue weighted by molar-refractivity contribution is 5.96. The van der Waals surface area contributed by atoms with Gasteiger partial charge in [-0.25, -0.2) is 0 Å². The van der Waals surface area contributed by atoms with Crippen molar-refractivity contribution in [3.8, 4) is 0 Å².